The van der Waals surface area contributed by atoms with E-state index in [0.29, 0.717) is 44.3 Å². The number of hydrogen-bond donors (Lipinski definition) is 3. The molecule has 5 rings (SSSR count). The van der Waals surface area contributed by atoms with Crippen LogP contribution in [0.1, 0.15) is 53.1 Å². The summed E-state index contributed by atoms with van der Waals surface area (Å²) in [7, 11) is 0. The fourth-order valence-electron chi connectivity index (χ4n) is 5.05. The van der Waals surface area contributed by atoms with Gasteiger partial charge >= 0.3 is 12.0 Å². The fraction of sp³-hybridized carbons (Fsp3) is 0.233. The van der Waals surface area contributed by atoms with Gasteiger partial charge in [0.05, 0.1) is 17.7 Å². The lowest BCUT2D eigenvalue weighted by molar-refractivity contribution is -0.143. The van der Waals surface area contributed by atoms with E-state index in [-0.39, 0.29) is 31.5 Å². The largest absolute Gasteiger partial charge is 0.460 e. The molecule has 1 aliphatic carbocycles. The second kappa shape index (κ2) is 13.0. The van der Waals surface area contributed by atoms with Crippen molar-refractivity contribution in [1.29, 1.82) is 0 Å². The van der Waals surface area contributed by atoms with Crippen molar-refractivity contribution < 1.29 is 19.1 Å². The summed E-state index contributed by atoms with van der Waals surface area (Å²) in [5.74, 6) is -0.319. The lowest BCUT2D eigenvalue weighted by Gasteiger charge is -2.11. The highest BCUT2D eigenvalue weighted by atomic mass is 35.5. The minimum atomic E-state index is -0.566. The maximum absolute atomic E-state index is 13.6. The Morgan fingerprint density at radius 2 is 1.70 bits per heavy atom. The summed E-state index contributed by atoms with van der Waals surface area (Å²) >= 11 is 6.26. The van der Waals surface area contributed by atoms with Gasteiger partial charge in [-0.15, -0.1) is 12.4 Å². The Morgan fingerprint density at radius 3 is 2.42 bits per heavy atom. The van der Waals surface area contributed by atoms with E-state index in [1.807, 2.05) is 12.1 Å². The minimum Gasteiger partial charge on any atom is -0.460 e. The number of carbonyl (C=O) groups is 3. The molecule has 0 spiro atoms. The van der Waals surface area contributed by atoms with E-state index in [2.05, 4.69) is 22.8 Å². The molecule has 4 aromatic rings. The van der Waals surface area contributed by atoms with Gasteiger partial charge in [-0.25, -0.2) is 4.79 Å². The Bertz CT molecular complexity index is 1530. The number of nitrogens with one attached hydrogen (secondary N) is 2. The normalized spacial score (nSPS) is 13.1. The van der Waals surface area contributed by atoms with Crippen LogP contribution in [0.2, 0.25) is 5.02 Å². The van der Waals surface area contributed by atoms with E-state index >= 15 is 0 Å². The van der Waals surface area contributed by atoms with Crippen LogP contribution < -0.4 is 16.4 Å². The van der Waals surface area contributed by atoms with Gasteiger partial charge in [-0.2, -0.15) is 0 Å². The number of aromatic nitrogens is 1. The van der Waals surface area contributed by atoms with E-state index in [1.54, 1.807) is 48.7 Å². The number of anilines is 2. The van der Waals surface area contributed by atoms with Crippen LogP contribution in [0.3, 0.4) is 0 Å². The van der Waals surface area contributed by atoms with Crippen LogP contribution in [0.5, 0.6) is 0 Å². The number of esters is 1. The molecule has 0 unspecified atom stereocenters. The first-order chi connectivity index (χ1) is 18.9. The van der Waals surface area contributed by atoms with Crippen molar-refractivity contribution in [3.63, 3.8) is 0 Å². The van der Waals surface area contributed by atoms with Crippen molar-refractivity contribution in [1.82, 2.24) is 4.57 Å². The van der Waals surface area contributed by atoms with E-state index in [0.717, 1.165) is 0 Å². The molecule has 1 fully saturated rings. The minimum absolute atomic E-state index is 0. The quantitative estimate of drug-likeness (QED) is 0.210. The number of ether oxygens (including phenoxy) is 1. The van der Waals surface area contributed by atoms with Crippen LogP contribution in [-0.4, -0.2) is 29.0 Å². The predicted molar refractivity (Wildman–Crippen MR) is 160 cm³/mol. The Balaban J connectivity index is 0.00000370. The standard InChI is InChI=1S/C30H29ClN4O4.ClH/c31-22-11-14-27-25(15-22)26(34-30(38)33-23-12-9-20(10-13-23)19-5-1-2-6-19)17-35(27)29(37)24-8-4-3-7-21(24)18-39-28(36)16-32;/h3-4,7-15,17,19H,1-2,5-6,16,18,32H2,(H2,33,34,38);1H. The van der Waals surface area contributed by atoms with Gasteiger partial charge in [0.15, 0.2) is 0 Å². The molecule has 4 N–H and O–H groups in total. The Hall–Kier alpha value is -3.85. The molecule has 208 valence electrons. The average molecular weight is 582 g/mol. The fourth-order valence-corrected chi connectivity index (χ4v) is 5.23. The number of urea groups is 1. The maximum Gasteiger partial charge on any atom is 0.323 e. The first-order valence-corrected chi connectivity index (χ1v) is 13.3. The lowest BCUT2D eigenvalue weighted by atomic mass is 9.98. The maximum atomic E-state index is 13.6. The van der Waals surface area contributed by atoms with E-state index in [9.17, 15) is 14.4 Å². The highest BCUT2D eigenvalue weighted by Crippen LogP contribution is 2.34. The van der Waals surface area contributed by atoms with Crippen LogP contribution in [0, 0.1) is 0 Å². The topological polar surface area (TPSA) is 115 Å². The Kier molecular flexibility index (Phi) is 9.47. The first kappa shape index (κ1) is 29.1. The van der Waals surface area contributed by atoms with Gasteiger partial charge < -0.3 is 21.1 Å². The van der Waals surface area contributed by atoms with Gasteiger partial charge in [-0.05, 0) is 60.7 Å². The molecule has 0 radical (unpaired) electrons. The van der Waals surface area contributed by atoms with Gasteiger partial charge in [0.25, 0.3) is 5.91 Å². The third kappa shape index (κ3) is 6.47. The molecule has 1 aromatic heterocycles. The van der Waals surface area contributed by atoms with Crippen LogP contribution in [0.4, 0.5) is 16.2 Å². The number of benzene rings is 3. The number of hydrogen-bond acceptors (Lipinski definition) is 5. The van der Waals surface area contributed by atoms with Crippen molar-refractivity contribution in [2.24, 2.45) is 5.73 Å². The molecule has 3 aromatic carbocycles. The van der Waals surface area contributed by atoms with Crippen LogP contribution >= 0.6 is 24.0 Å². The zero-order valence-corrected chi connectivity index (χ0v) is 23.3. The van der Waals surface area contributed by atoms with Gasteiger partial charge in [-0.3, -0.25) is 14.2 Å². The number of nitrogens with two attached hydrogens (primary N) is 1. The lowest BCUT2D eigenvalue weighted by Crippen LogP contribution is -2.19. The van der Waals surface area contributed by atoms with Crippen molar-refractivity contribution in [3.8, 4) is 0 Å². The predicted octanol–water partition coefficient (Wildman–Crippen LogP) is 6.71. The van der Waals surface area contributed by atoms with Crippen LogP contribution in [0.15, 0.2) is 72.9 Å². The molecule has 0 saturated heterocycles. The molecule has 0 bridgehead atoms. The number of carbonyl (C=O) groups excluding carboxylic acids is 3. The molecule has 0 aliphatic heterocycles. The summed E-state index contributed by atoms with van der Waals surface area (Å²) < 4.78 is 6.60. The summed E-state index contributed by atoms with van der Waals surface area (Å²) in [5, 5.41) is 6.79. The molecule has 8 nitrogen and oxygen atoms in total. The molecule has 10 heteroatoms. The average Bonchev–Trinajstić information content (AvgIpc) is 3.61. The highest BCUT2D eigenvalue weighted by molar-refractivity contribution is 6.31. The van der Waals surface area contributed by atoms with Crippen molar-refractivity contribution in [2.75, 3.05) is 17.2 Å². The molecule has 1 aliphatic rings. The number of rotatable bonds is 7. The third-order valence-corrected chi connectivity index (χ3v) is 7.27. The molecular formula is C30H30Cl2N4O4. The summed E-state index contributed by atoms with van der Waals surface area (Å²) in [6, 6.07) is 19.5. The summed E-state index contributed by atoms with van der Waals surface area (Å²) in [4.78, 5) is 38.1. The number of halogens is 2. The zero-order valence-electron chi connectivity index (χ0n) is 21.7. The molecule has 2 amide bonds. The van der Waals surface area contributed by atoms with E-state index in [1.165, 1.54) is 35.8 Å². The second-order valence-corrected chi connectivity index (χ2v) is 10.0. The van der Waals surface area contributed by atoms with E-state index < -0.39 is 12.0 Å². The van der Waals surface area contributed by atoms with Gasteiger partial charge in [0, 0.05) is 33.4 Å². The van der Waals surface area contributed by atoms with Gasteiger partial charge in [-0.1, -0.05) is 54.8 Å². The molecule has 40 heavy (non-hydrogen) atoms. The zero-order chi connectivity index (χ0) is 27.4. The van der Waals surface area contributed by atoms with Gasteiger partial charge in [0.2, 0.25) is 0 Å². The smallest absolute Gasteiger partial charge is 0.323 e. The Labute approximate surface area is 243 Å². The second-order valence-electron chi connectivity index (χ2n) is 9.58. The number of nitrogens with zero attached hydrogens (tertiary/aromatic N) is 1. The van der Waals surface area contributed by atoms with E-state index in [4.69, 9.17) is 22.1 Å². The monoisotopic (exact) mass is 580 g/mol. The summed E-state index contributed by atoms with van der Waals surface area (Å²) in [5.41, 5.74) is 9.18. The molecular weight excluding hydrogens is 551 g/mol. The van der Waals surface area contributed by atoms with Crippen molar-refractivity contribution >= 4 is 64.2 Å². The Morgan fingerprint density at radius 1 is 0.975 bits per heavy atom. The van der Waals surface area contributed by atoms with Gasteiger partial charge in [0.1, 0.15) is 6.61 Å². The van der Waals surface area contributed by atoms with Crippen molar-refractivity contribution in [2.45, 2.75) is 38.2 Å². The van der Waals surface area contributed by atoms with Crippen molar-refractivity contribution in [3.05, 3.63) is 94.6 Å². The van der Waals surface area contributed by atoms with Crippen LogP contribution in [-0.2, 0) is 16.1 Å². The molecule has 1 saturated carbocycles. The SMILES string of the molecule is Cl.NCC(=O)OCc1ccccc1C(=O)n1cc(NC(=O)Nc2ccc(C3CCCC3)cc2)c2cc(Cl)ccc21. The number of amides is 2. The summed E-state index contributed by atoms with van der Waals surface area (Å²) in [6.07, 6.45) is 6.51. The van der Waals surface area contributed by atoms with Crippen LogP contribution in [0.25, 0.3) is 10.9 Å². The molecule has 1 heterocycles. The highest BCUT2D eigenvalue weighted by Gasteiger charge is 2.20. The number of fused-ring (bicyclic) bond motifs is 1. The first-order valence-electron chi connectivity index (χ1n) is 12.9. The molecule has 0 atom stereocenters. The summed E-state index contributed by atoms with van der Waals surface area (Å²) in [6.45, 7) is -0.336. The third-order valence-electron chi connectivity index (χ3n) is 7.03.